The number of nitrogens with one attached hydrogen (secondary N) is 1. The molecule has 1 aromatic rings. The SMILES string of the molecule is CC1CCC(CO)CN1C(=O)c1n[nH]c2c1CCCC2. The van der Waals surface area contributed by atoms with Gasteiger partial charge in [0.1, 0.15) is 0 Å². The van der Waals surface area contributed by atoms with Gasteiger partial charge < -0.3 is 10.0 Å². The lowest BCUT2D eigenvalue weighted by molar-refractivity contribution is 0.0482. The molecular formula is C15H23N3O2. The number of aromatic amines is 1. The van der Waals surface area contributed by atoms with Gasteiger partial charge in [-0.1, -0.05) is 0 Å². The zero-order valence-corrected chi connectivity index (χ0v) is 12.1. The molecule has 20 heavy (non-hydrogen) atoms. The van der Waals surface area contributed by atoms with Crippen molar-refractivity contribution in [1.82, 2.24) is 15.1 Å². The van der Waals surface area contributed by atoms with E-state index in [9.17, 15) is 9.90 Å². The Hall–Kier alpha value is -1.36. The summed E-state index contributed by atoms with van der Waals surface area (Å²) in [6.45, 7) is 2.90. The Labute approximate surface area is 119 Å². The summed E-state index contributed by atoms with van der Waals surface area (Å²) in [5, 5.41) is 16.7. The van der Waals surface area contributed by atoms with Crippen LogP contribution in [0.1, 0.15) is 54.4 Å². The van der Waals surface area contributed by atoms with Crippen LogP contribution in [0.15, 0.2) is 0 Å². The molecule has 1 aliphatic heterocycles. The smallest absolute Gasteiger partial charge is 0.274 e. The minimum atomic E-state index is 0.0371. The number of aliphatic hydroxyl groups excluding tert-OH is 1. The first-order valence-corrected chi connectivity index (χ1v) is 7.68. The standard InChI is InChI=1S/C15H23N3O2/c1-10-6-7-11(9-19)8-18(10)15(20)14-12-4-2-3-5-13(12)16-17-14/h10-11,19H,2-9H2,1H3,(H,16,17). The van der Waals surface area contributed by atoms with Crippen molar-refractivity contribution in [2.45, 2.75) is 51.5 Å². The van der Waals surface area contributed by atoms with Crippen molar-refractivity contribution in [3.8, 4) is 0 Å². The van der Waals surface area contributed by atoms with Crippen LogP contribution >= 0.6 is 0 Å². The number of carbonyl (C=O) groups is 1. The molecular weight excluding hydrogens is 254 g/mol. The monoisotopic (exact) mass is 277 g/mol. The first-order valence-electron chi connectivity index (χ1n) is 7.68. The van der Waals surface area contributed by atoms with Gasteiger partial charge in [0.25, 0.3) is 5.91 Å². The molecule has 5 heteroatoms. The predicted molar refractivity (Wildman–Crippen MR) is 75.5 cm³/mol. The fourth-order valence-electron chi connectivity index (χ4n) is 3.41. The van der Waals surface area contributed by atoms with E-state index in [0.29, 0.717) is 12.2 Å². The third kappa shape index (κ3) is 2.35. The van der Waals surface area contributed by atoms with Gasteiger partial charge in [0.15, 0.2) is 5.69 Å². The highest BCUT2D eigenvalue weighted by Gasteiger charge is 2.32. The van der Waals surface area contributed by atoms with Crippen molar-refractivity contribution >= 4 is 5.91 Å². The molecule has 3 rings (SSSR count). The first kappa shape index (κ1) is 13.6. The quantitative estimate of drug-likeness (QED) is 0.861. The number of hydrogen-bond donors (Lipinski definition) is 2. The topological polar surface area (TPSA) is 69.2 Å². The maximum atomic E-state index is 12.8. The number of aryl methyl sites for hydroxylation is 1. The number of rotatable bonds is 2. The van der Waals surface area contributed by atoms with Crippen LogP contribution < -0.4 is 0 Å². The Kier molecular flexibility index (Phi) is 3.78. The number of aliphatic hydroxyl groups is 1. The molecule has 0 radical (unpaired) electrons. The summed E-state index contributed by atoms with van der Waals surface area (Å²) in [6, 6.07) is 0.237. The molecule has 0 spiro atoms. The largest absolute Gasteiger partial charge is 0.396 e. The highest BCUT2D eigenvalue weighted by atomic mass is 16.3. The molecule has 0 aromatic carbocycles. The van der Waals surface area contributed by atoms with E-state index in [2.05, 4.69) is 17.1 Å². The summed E-state index contributed by atoms with van der Waals surface area (Å²) in [4.78, 5) is 14.7. The van der Waals surface area contributed by atoms with Crippen LogP contribution in [0.4, 0.5) is 0 Å². The number of carbonyl (C=O) groups excluding carboxylic acids is 1. The third-order valence-corrected chi connectivity index (χ3v) is 4.76. The van der Waals surface area contributed by atoms with Gasteiger partial charge in [-0.2, -0.15) is 5.10 Å². The van der Waals surface area contributed by atoms with Gasteiger partial charge >= 0.3 is 0 Å². The van der Waals surface area contributed by atoms with Gasteiger partial charge in [0.2, 0.25) is 0 Å². The van der Waals surface area contributed by atoms with E-state index >= 15 is 0 Å². The van der Waals surface area contributed by atoms with E-state index in [0.717, 1.165) is 43.4 Å². The lowest BCUT2D eigenvalue weighted by Gasteiger charge is -2.37. The molecule has 1 aromatic heterocycles. The number of amides is 1. The average molecular weight is 277 g/mol. The molecule has 2 aliphatic rings. The average Bonchev–Trinajstić information content (AvgIpc) is 2.91. The maximum Gasteiger partial charge on any atom is 0.274 e. The van der Waals surface area contributed by atoms with Gasteiger partial charge in [-0.25, -0.2) is 0 Å². The Bertz CT molecular complexity index is 497. The van der Waals surface area contributed by atoms with Gasteiger partial charge in [0.05, 0.1) is 0 Å². The molecule has 1 amide bonds. The number of nitrogens with zero attached hydrogens (tertiary/aromatic N) is 2. The van der Waals surface area contributed by atoms with Crippen molar-refractivity contribution < 1.29 is 9.90 Å². The number of H-pyrrole nitrogens is 1. The molecule has 1 saturated heterocycles. The van der Waals surface area contributed by atoms with Gasteiger partial charge in [-0.3, -0.25) is 9.89 Å². The zero-order chi connectivity index (χ0) is 14.1. The van der Waals surface area contributed by atoms with Crippen LogP contribution in [0, 0.1) is 5.92 Å². The Morgan fingerprint density at radius 1 is 1.40 bits per heavy atom. The summed E-state index contributed by atoms with van der Waals surface area (Å²) in [5.74, 6) is 0.250. The van der Waals surface area contributed by atoms with E-state index in [1.807, 2.05) is 4.90 Å². The maximum absolute atomic E-state index is 12.8. The highest BCUT2D eigenvalue weighted by Crippen LogP contribution is 2.27. The second kappa shape index (κ2) is 5.56. The minimum absolute atomic E-state index is 0.0371. The molecule has 0 saturated carbocycles. The lowest BCUT2D eigenvalue weighted by atomic mass is 9.92. The van der Waals surface area contributed by atoms with Crippen LogP contribution in [-0.4, -0.2) is 45.3 Å². The Balaban J connectivity index is 1.82. The van der Waals surface area contributed by atoms with Crippen LogP contribution in [-0.2, 0) is 12.8 Å². The fraction of sp³-hybridized carbons (Fsp3) is 0.733. The van der Waals surface area contributed by atoms with Crippen molar-refractivity contribution in [2.24, 2.45) is 5.92 Å². The molecule has 1 fully saturated rings. The zero-order valence-electron chi connectivity index (χ0n) is 12.1. The molecule has 2 unspecified atom stereocenters. The summed E-state index contributed by atoms with van der Waals surface area (Å²) in [5.41, 5.74) is 2.88. The second-order valence-electron chi connectivity index (χ2n) is 6.17. The number of fused-ring (bicyclic) bond motifs is 1. The van der Waals surface area contributed by atoms with E-state index in [1.165, 1.54) is 6.42 Å². The van der Waals surface area contributed by atoms with E-state index < -0.39 is 0 Å². The molecule has 1 aliphatic carbocycles. The number of likely N-dealkylation sites (tertiary alicyclic amines) is 1. The third-order valence-electron chi connectivity index (χ3n) is 4.76. The summed E-state index contributed by atoms with van der Waals surface area (Å²) < 4.78 is 0. The van der Waals surface area contributed by atoms with Gasteiger partial charge in [-0.15, -0.1) is 0 Å². The van der Waals surface area contributed by atoms with Crippen LogP contribution in [0.25, 0.3) is 0 Å². The van der Waals surface area contributed by atoms with E-state index in [4.69, 9.17) is 0 Å². The number of hydrogen-bond acceptors (Lipinski definition) is 3. The summed E-state index contributed by atoms with van der Waals surface area (Å²) in [6.07, 6.45) is 6.24. The number of aromatic nitrogens is 2. The molecule has 0 bridgehead atoms. The molecule has 2 heterocycles. The minimum Gasteiger partial charge on any atom is -0.396 e. The van der Waals surface area contributed by atoms with E-state index in [1.54, 1.807) is 0 Å². The molecule has 2 atom stereocenters. The van der Waals surface area contributed by atoms with Crippen LogP contribution in [0.3, 0.4) is 0 Å². The normalized spacial score (nSPS) is 26.4. The van der Waals surface area contributed by atoms with Gasteiger partial charge in [0, 0.05) is 30.5 Å². The second-order valence-corrected chi connectivity index (χ2v) is 6.17. The Morgan fingerprint density at radius 3 is 3.00 bits per heavy atom. The van der Waals surface area contributed by atoms with Crippen molar-refractivity contribution in [3.63, 3.8) is 0 Å². The van der Waals surface area contributed by atoms with Crippen molar-refractivity contribution in [2.75, 3.05) is 13.2 Å². The lowest BCUT2D eigenvalue weighted by Crippen LogP contribution is -2.46. The molecule has 5 nitrogen and oxygen atoms in total. The summed E-state index contributed by atoms with van der Waals surface area (Å²) in [7, 11) is 0. The number of piperidine rings is 1. The predicted octanol–water partition coefficient (Wildman–Crippen LogP) is 1.52. The fourth-order valence-corrected chi connectivity index (χ4v) is 3.41. The first-order chi connectivity index (χ1) is 9.70. The van der Waals surface area contributed by atoms with Gasteiger partial charge in [-0.05, 0) is 51.4 Å². The van der Waals surface area contributed by atoms with Crippen molar-refractivity contribution in [1.29, 1.82) is 0 Å². The van der Waals surface area contributed by atoms with Crippen LogP contribution in [0.5, 0.6) is 0 Å². The molecule has 110 valence electrons. The Morgan fingerprint density at radius 2 is 2.20 bits per heavy atom. The van der Waals surface area contributed by atoms with E-state index in [-0.39, 0.29) is 24.5 Å². The van der Waals surface area contributed by atoms with Crippen molar-refractivity contribution in [3.05, 3.63) is 17.0 Å². The highest BCUT2D eigenvalue weighted by molar-refractivity contribution is 5.94. The van der Waals surface area contributed by atoms with Crippen LogP contribution in [0.2, 0.25) is 0 Å². The molecule has 2 N–H and O–H groups in total. The summed E-state index contributed by atoms with van der Waals surface area (Å²) >= 11 is 0.